The second kappa shape index (κ2) is 8.97. The second-order valence-electron chi connectivity index (χ2n) is 9.68. The molecule has 0 heterocycles. The molecule has 1 fully saturated rings. The van der Waals surface area contributed by atoms with Crippen LogP contribution in [0.15, 0.2) is 47.4 Å². The van der Waals surface area contributed by atoms with Crippen LogP contribution in [0, 0.1) is 11.3 Å². The zero-order chi connectivity index (χ0) is 23.1. The molecule has 1 aliphatic rings. The maximum Gasteiger partial charge on any atom is 0.232 e. The van der Waals surface area contributed by atoms with E-state index in [1.807, 2.05) is 77.9 Å². The van der Waals surface area contributed by atoms with Crippen molar-refractivity contribution in [3.63, 3.8) is 0 Å². The molecule has 0 aliphatic heterocycles. The van der Waals surface area contributed by atoms with E-state index in [-0.39, 0.29) is 22.6 Å². The minimum Gasteiger partial charge on any atom is -0.393 e. The van der Waals surface area contributed by atoms with E-state index in [1.54, 1.807) is 16.7 Å². The molecule has 0 saturated heterocycles. The molecular formula is C25H31Cl2NO2S. The third-order valence-electron chi connectivity index (χ3n) is 5.73. The highest BCUT2D eigenvalue weighted by atomic mass is 35.5. The van der Waals surface area contributed by atoms with Crippen LogP contribution in [0.3, 0.4) is 0 Å². The third-order valence-corrected chi connectivity index (χ3v) is 7.86. The number of aliphatic hydroxyl groups excluding tert-OH is 1. The van der Waals surface area contributed by atoms with Crippen LogP contribution in [-0.4, -0.2) is 23.2 Å². The SMILES string of the molecule is CC(O)C1CC1(Sc1ccc(Cl)cc1)c1ccc(N(C(=O)C(C)(C)C)C(C)C)c(Cl)c1. The van der Waals surface area contributed by atoms with E-state index in [1.165, 1.54) is 0 Å². The Bertz CT molecular complexity index is 953. The number of rotatable bonds is 6. The topological polar surface area (TPSA) is 40.5 Å². The van der Waals surface area contributed by atoms with Crippen LogP contribution in [0.4, 0.5) is 5.69 Å². The molecule has 6 heteroatoms. The molecule has 0 radical (unpaired) electrons. The van der Waals surface area contributed by atoms with Crippen molar-refractivity contribution in [2.24, 2.45) is 11.3 Å². The number of halogens is 2. The average Bonchev–Trinajstić information content (AvgIpc) is 3.40. The Morgan fingerprint density at radius 3 is 2.19 bits per heavy atom. The predicted molar refractivity (Wildman–Crippen MR) is 132 cm³/mol. The molecule has 0 spiro atoms. The molecule has 3 atom stereocenters. The third kappa shape index (κ3) is 5.08. The van der Waals surface area contributed by atoms with Gasteiger partial charge in [0.15, 0.2) is 0 Å². The monoisotopic (exact) mass is 479 g/mol. The van der Waals surface area contributed by atoms with Crippen LogP contribution in [0.1, 0.15) is 53.5 Å². The van der Waals surface area contributed by atoms with Crippen molar-refractivity contribution in [1.82, 2.24) is 0 Å². The summed E-state index contributed by atoms with van der Waals surface area (Å²) in [6, 6.07) is 13.7. The highest BCUT2D eigenvalue weighted by Crippen LogP contribution is 2.65. The summed E-state index contributed by atoms with van der Waals surface area (Å²) < 4.78 is -0.249. The summed E-state index contributed by atoms with van der Waals surface area (Å²) in [5, 5.41) is 11.6. The zero-order valence-corrected chi connectivity index (χ0v) is 21.3. The summed E-state index contributed by atoms with van der Waals surface area (Å²) >= 11 is 14.5. The van der Waals surface area contributed by atoms with Gasteiger partial charge in [0.2, 0.25) is 5.91 Å². The van der Waals surface area contributed by atoms with Gasteiger partial charge in [0.1, 0.15) is 0 Å². The first kappa shape index (κ1) is 24.4. The first-order valence-electron chi connectivity index (χ1n) is 10.6. The Kier molecular flexibility index (Phi) is 7.08. The molecule has 2 aromatic rings. The Labute approximate surface area is 200 Å². The zero-order valence-electron chi connectivity index (χ0n) is 18.9. The van der Waals surface area contributed by atoms with Gasteiger partial charge in [0, 0.05) is 27.3 Å². The Morgan fingerprint density at radius 1 is 1.13 bits per heavy atom. The average molecular weight is 481 g/mol. The summed E-state index contributed by atoms with van der Waals surface area (Å²) in [6.45, 7) is 11.6. The smallest absolute Gasteiger partial charge is 0.232 e. The van der Waals surface area contributed by atoms with Crippen molar-refractivity contribution in [2.75, 3.05) is 4.90 Å². The first-order valence-corrected chi connectivity index (χ1v) is 12.2. The van der Waals surface area contributed by atoms with Gasteiger partial charge in [-0.15, -0.1) is 11.8 Å². The van der Waals surface area contributed by atoms with Gasteiger partial charge in [-0.2, -0.15) is 0 Å². The van der Waals surface area contributed by atoms with E-state index in [4.69, 9.17) is 23.2 Å². The fourth-order valence-corrected chi connectivity index (χ4v) is 5.94. The van der Waals surface area contributed by atoms with E-state index >= 15 is 0 Å². The molecule has 2 aromatic carbocycles. The lowest BCUT2D eigenvalue weighted by Gasteiger charge is -2.33. The van der Waals surface area contributed by atoms with E-state index in [0.29, 0.717) is 10.0 Å². The molecule has 168 valence electrons. The summed E-state index contributed by atoms with van der Waals surface area (Å²) in [4.78, 5) is 16.0. The normalized spacial score (nSPS) is 21.8. The molecule has 1 saturated carbocycles. The lowest BCUT2D eigenvalue weighted by Crippen LogP contribution is -2.44. The highest BCUT2D eigenvalue weighted by Gasteiger charge is 2.58. The number of thioether (sulfide) groups is 1. The van der Waals surface area contributed by atoms with Gasteiger partial charge in [-0.1, -0.05) is 50.0 Å². The summed E-state index contributed by atoms with van der Waals surface area (Å²) in [5.74, 6) is 0.170. The highest BCUT2D eigenvalue weighted by molar-refractivity contribution is 8.00. The van der Waals surface area contributed by atoms with Crippen LogP contribution < -0.4 is 4.90 Å². The van der Waals surface area contributed by atoms with Gasteiger partial charge in [0.25, 0.3) is 0 Å². The van der Waals surface area contributed by atoms with E-state index < -0.39 is 11.5 Å². The number of carbonyl (C=O) groups is 1. The number of carbonyl (C=O) groups excluding carboxylic acids is 1. The molecule has 3 unspecified atom stereocenters. The van der Waals surface area contributed by atoms with E-state index in [9.17, 15) is 9.90 Å². The summed E-state index contributed by atoms with van der Waals surface area (Å²) in [5.41, 5.74) is 1.28. The van der Waals surface area contributed by atoms with Gasteiger partial charge in [-0.05, 0) is 69.2 Å². The van der Waals surface area contributed by atoms with Crippen molar-refractivity contribution >= 4 is 46.6 Å². The second-order valence-corrected chi connectivity index (χ2v) is 11.9. The van der Waals surface area contributed by atoms with Crippen LogP contribution >= 0.6 is 35.0 Å². The van der Waals surface area contributed by atoms with Gasteiger partial charge < -0.3 is 10.0 Å². The van der Waals surface area contributed by atoms with Gasteiger partial charge in [0.05, 0.1) is 21.6 Å². The molecule has 1 N–H and O–H groups in total. The molecule has 31 heavy (non-hydrogen) atoms. The Hall–Kier alpha value is -1.20. The van der Waals surface area contributed by atoms with Crippen molar-refractivity contribution in [3.8, 4) is 0 Å². The van der Waals surface area contributed by atoms with Crippen molar-refractivity contribution in [1.29, 1.82) is 0 Å². The van der Waals surface area contributed by atoms with Crippen LogP contribution in [-0.2, 0) is 9.54 Å². The number of benzene rings is 2. The Balaban J connectivity index is 1.98. The fourth-order valence-electron chi connectivity index (χ4n) is 4.00. The van der Waals surface area contributed by atoms with Gasteiger partial charge in [-0.3, -0.25) is 4.79 Å². The molecule has 1 amide bonds. The Morgan fingerprint density at radius 2 is 1.74 bits per heavy atom. The maximum absolute atomic E-state index is 13.1. The van der Waals surface area contributed by atoms with Crippen LogP contribution in [0.2, 0.25) is 10.0 Å². The first-order chi connectivity index (χ1) is 14.4. The molecule has 0 aromatic heterocycles. The number of amides is 1. The molecule has 0 bridgehead atoms. The molecular weight excluding hydrogens is 449 g/mol. The number of anilines is 1. The van der Waals surface area contributed by atoms with E-state index in [0.717, 1.165) is 22.6 Å². The van der Waals surface area contributed by atoms with Crippen LogP contribution in [0.5, 0.6) is 0 Å². The lowest BCUT2D eigenvalue weighted by atomic mass is 9.93. The quantitative estimate of drug-likeness (QED) is 0.477. The maximum atomic E-state index is 13.1. The molecule has 3 nitrogen and oxygen atoms in total. The van der Waals surface area contributed by atoms with Crippen molar-refractivity contribution < 1.29 is 9.90 Å². The minimum atomic E-state index is -0.508. The molecule has 3 rings (SSSR count). The minimum absolute atomic E-state index is 0.0152. The van der Waals surface area contributed by atoms with Crippen molar-refractivity contribution in [2.45, 2.75) is 69.8 Å². The largest absolute Gasteiger partial charge is 0.393 e. The van der Waals surface area contributed by atoms with E-state index in [2.05, 4.69) is 6.07 Å². The fraction of sp³-hybridized carbons (Fsp3) is 0.480. The standard InChI is InChI=1S/C25H31Cl2NO2S/c1-15(2)28(23(30)24(4,5)6)22-12-7-17(13-21(22)27)25(14-20(25)16(3)29)31-19-10-8-18(26)9-11-19/h7-13,15-16,20,29H,14H2,1-6H3. The van der Waals surface area contributed by atoms with Crippen LogP contribution in [0.25, 0.3) is 0 Å². The molecule has 1 aliphatic carbocycles. The number of nitrogens with zero attached hydrogens (tertiary/aromatic N) is 1. The van der Waals surface area contributed by atoms with Crippen molar-refractivity contribution in [3.05, 3.63) is 58.1 Å². The van der Waals surface area contributed by atoms with Gasteiger partial charge >= 0.3 is 0 Å². The number of hydrogen-bond acceptors (Lipinski definition) is 3. The lowest BCUT2D eigenvalue weighted by molar-refractivity contribution is -0.126. The predicted octanol–water partition coefficient (Wildman–Crippen LogP) is 7.17. The number of hydrogen-bond donors (Lipinski definition) is 1. The number of aliphatic hydroxyl groups is 1. The van der Waals surface area contributed by atoms with Gasteiger partial charge in [-0.25, -0.2) is 0 Å². The summed E-state index contributed by atoms with van der Waals surface area (Å²) in [6.07, 6.45) is 0.440. The summed E-state index contributed by atoms with van der Waals surface area (Å²) in [7, 11) is 0.